The van der Waals surface area contributed by atoms with Gasteiger partial charge in [-0.25, -0.2) is 0 Å². The van der Waals surface area contributed by atoms with E-state index in [0.29, 0.717) is 19.7 Å². The number of hydrogen-bond acceptors (Lipinski definition) is 6. The molecular formula is C16H29N3O3. The Balaban J connectivity index is 2.99. The highest BCUT2D eigenvalue weighted by molar-refractivity contribution is 5.42. The molecule has 0 aromatic heterocycles. The average Bonchev–Trinajstić information content (AvgIpc) is 2.49. The number of methoxy groups -OCH3 is 1. The van der Waals surface area contributed by atoms with Crippen molar-refractivity contribution >= 4 is 0 Å². The van der Waals surface area contributed by atoms with E-state index in [1.807, 2.05) is 44.2 Å². The Morgan fingerprint density at radius 2 is 1.95 bits per heavy atom. The maximum Gasteiger partial charge on any atom is 0.127 e. The van der Waals surface area contributed by atoms with Gasteiger partial charge in [-0.05, 0) is 27.2 Å². The van der Waals surface area contributed by atoms with Crippen LogP contribution < -0.4 is 15.2 Å². The Morgan fingerprint density at radius 1 is 1.23 bits per heavy atom. The second kappa shape index (κ2) is 9.63. The summed E-state index contributed by atoms with van der Waals surface area (Å²) < 4.78 is 11.2. The lowest BCUT2D eigenvalue weighted by molar-refractivity contribution is 0.179. The van der Waals surface area contributed by atoms with E-state index in [4.69, 9.17) is 20.3 Å². The molecule has 0 bridgehead atoms. The Bertz CT molecular complexity index is 441. The predicted molar refractivity (Wildman–Crippen MR) is 88.6 cm³/mol. The predicted octanol–water partition coefficient (Wildman–Crippen LogP) is 0.560. The van der Waals surface area contributed by atoms with Crippen molar-refractivity contribution in [1.82, 2.24) is 9.80 Å². The lowest BCUT2D eigenvalue weighted by Crippen LogP contribution is -2.33. The summed E-state index contributed by atoms with van der Waals surface area (Å²) in [7, 11) is 7.60. The molecule has 0 aliphatic rings. The smallest absolute Gasteiger partial charge is 0.127 e. The third-order valence-corrected chi connectivity index (χ3v) is 3.58. The molecule has 22 heavy (non-hydrogen) atoms. The molecule has 0 aliphatic heterocycles. The molecule has 1 atom stereocenters. The van der Waals surface area contributed by atoms with E-state index < -0.39 is 0 Å². The molecule has 0 saturated heterocycles. The van der Waals surface area contributed by atoms with E-state index in [1.54, 1.807) is 7.11 Å². The quantitative estimate of drug-likeness (QED) is 0.658. The summed E-state index contributed by atoms with van der Waals surface area (Å²) in [4.78, 5) is 4.10. The van der Waals surface area contributed by atoms with Crippen LogP contribution in [0, 0.1) is 0 Å². The third kappa shape index (κ3) is 5.46. The maximum absolute atomic E-state index is 9.14. The van der Waals surface area contributed by atoms with Crippen LogP contribution in [0.4, 0.5) is 0 Å². The van der Waals surface area contributed by atoms with Gasteiger partial charge >= 0.3 is 0 Å². The molecule has 0 spiro atoms. The zero-order valence-corrected chi connectivity index (χ0v) is 14.1. The van der Waals surface area contributed by atoms with Crippen LogP contribution in [0.25, 0.3) is 0 Å². The lowest BCUT2D eigenvalue weighted by atomic mass is 10.0. The van der Waals surface area contributed by atoms with E-state index in [0.717, 1.165) is 23.6 Å². The van der Waals surface area contributed by atoms with E-state index in [1.165, 1.54) is 0 Å². The Morgan fingerprint density at radius 3 is 2.50 bits per heavy atom. The number of rotatable bonds is 10. The normalized spacial score (nSPS) is 12.7. The van der Waals surface area contributed by atoms with Crippen molar-refractivity contribution in [3.8, 4) is 11.5 Å². The van der Waals surface area contributed by atoms with Crippen molar-refractivity contribution in [2.45, 2.75) is 6.04 Å². The number of benzene rings is 1. The molecule has 1 aromatic carbocycles. The summed E-state index contributed by atoms with van der Waals surface area (Å²) in [6, 6.07) is 5.77. The van der Waals surface area contributed by atoms with Crippen LogP contribution in [0.5, 0.6) is 11.5 Å². The highest BCUT2D eigenvalue weighted by atomic mass is 16.5. The van der Waals surface area contributed by atoms with Gasteiger partial charge in [0.1, 0.15) is 18.1 Å². The highest BCUT2D eigenvalue weighted by Gasteiger charge is 2.20. The highest BCUT2D eigenvalue weighted by Crippen LogP contribution is 2.31. The molecule has 3 N–H and O–H groups in total. The standard InChI is InChI=1S/C16H29N3O3/c1-18(2)8-10-22-16-11-13(21-4)5-6-14(16)15(12-17)19(3)7-9-20/h5-6,11,15,20H,7-10,12,17H2,1-4H3. The van der Waals surface area contributed by atoms with Crippen molar-refractivity contribution in [3.63, 3.8) is 0 Å². The molecule has 6 nitrogen and oxygen atoms in total. The Hall–Kier alpha value is -1.34. The van der Waals surface area contributed by atoms with Gasteiger partial charge in [-0.15, -0.1) is 0 Å². The molecule has 0 saturated carbocycles. The van der Waals surface area contributed by atoms with E-state index in [-0.39, 0.29) is 12.6 Å². The molecular weight excluding hydrogens is 282 g/mol. The summed E-state index contributed by atoms with van der Waals surface area (Å²) in [6.07, 6.45) is 0. The number of aliphatic hydroxyl groups is 1. The van der Waals surface area contributed by atoms with E-state index >= 15 is 0 Å². The number of hydrogen-bond donors (Lipinski definition) is 2. The molecule has 0 heterocycles. The van der Waals surface area contributed by atoms with Crippen LogP contribution in [0.2, 0.25) is 0 Å². The summed E-state index contributed by atoms with van der Waals surface area (Å²) in [5.74, 6) is 1.53. The molecule has 0 aliphatic carbocycles. The van der Waals surface area contributed by atoms with Gasteiger partial charge < -0.3 is 25.2 Å². The van der Waals surface area contributed by atoms with Gasteiger partial charge in [0.15, 0.2) is 0 Å². The third-order valence-electron chi connectivity index (χ3n) is 3.58. The van der Waals surface area contributed by atoms with Crippen molar-refractivity contribution in [2.24, 2.45) is 5.73 Å². The van der Waals surface area contributed by atoms with Crippen LogP contribution in [0.15, 0.2) is 18.2 Å². The summed E-state index contributed by atoms with van der Waals surface area (Å²) in [6.45, 7) is 2.53. The second-order valence-corrected chi connectivity index (χ2v) is 5.51. The van der Waals surface area contributed by atoms with Crippen LogP contribution >= 0.6 is 0 Å². The minimum Gasteiger partial charge on any atom is -0.497 e. The van der Waals surface area contributed by atoms with Crippen molar-refractivity contribution in [2.75, 3.05) is 61.1 Å². The van der Waals surface area contributed by atoms with Gasteiger partial charge in [0, 0.05) is 31.3 Å². The monoisotopic (exact) mass is 311 g/mol. The van der Waals surface area contributed by atoms with Gasteiger partial charge in [-0.3, -0.25) is 4.90 Å². The summed E-state index contributed by atoms with van der Waals surface area (Å²) in [5.41, 5.74) is 6.95. The zero-order valence-electron chi connectivity index (χ0n) is 14.1. The van der Waals surface area contributed by atoms with Gasteiger partial charge in [-0.2, -0.15) is 0 Å². The first-order chi connectivity index (χ1) is 10.5. The number of nitrogens with two attached hydrogens (primary N) is 1. The molecule has 0 fully saturated rings. The fourth-order valence-electron chi connectivity index (χ4n) is 2.24. The molecule has 0 amide bonds. The largest absolute Gasteiger partial charge is 0.497 e. The second-order valence-electron chi connectivity index (χ2n) is 5.51. The van der Waals surface area contributed by atoms with Crippen LogP contribution in [0.1, 0.15) is 11.6 Å². The zero-order chi connectivity index (χ0) is 16.5. The lowest BCUT2D eigenvalue weighted by Gasteiger charge is -2.28. The molecule has 1 rings (SSSR count). The van der Waals surface area contributed by atoms with Crippen LogP contribution in [0.3, 0.4) is 0 Å². The minimum absolute atomic E-state index is 0.00703. The maximum atomic E-state index is 9.14. The van der Waals surface area contributed by atoms with E-state index in [2.05, 4.69) is 4.90 Å². The van der Waals surface area contributed by atoms with Gasteiger partial charge in [0.2, 0.25) is 0 Å². The molecule has 0 radical (unpaired) electrons. The number of aliphatic hydroxyl groups excluding tert-OH is 1. The first kappa shape index (κ1) is 18.7. The summed E-state index contributed by atoms with van der Waals surface area (Å²) >= 11 is 0. The average molecular weight is 311 g/mol. The first-order valence-corrected chi connectivity index (χ1v) is 7.50. The number of ether oxygens (including phenoxy) is 2. The summed E-state index contributed by atoms with van der Waals surface area (Å²) in [5, 5.41) is 9.14. The molecule has 1 unspecified atom stereocenters. The fourth-order valence-corrected chi connectivity index (χ4v) is 2.24. The van der Waals surface area contributed by atoms with Crippen molar-refractivity contribution in [3.05, 3.63) is 23.8 Å². The first-order valence-electron chi connectivity index (χ1n) is 7.50. The topological polar surface area (TPSA) is 71.2 Å². The van der Waals surface area contributed by atoms with Gasteiger partial charge in [-0.1, -0.05) is 6.07 Å². The van der Waals surface area contributed by atoms with E-state index in [9.17, 15) is 0 Å². The fraction of sp³-hybridized carbons (Fsp3) is 0.625. The van der Waals surface area contributed by atoms with Gasteiger partial charge in [0.05, 0.1) is 19.8 Å². The van der Waals surface area contributed by atoms with Crippen molar-refractivity contribution < 1.29 is 14.6 Å². The molecule has 126 valence electrons. The number of nitrogens with zero attached hydrogens (tertiary/aromatic N) is 2. The number of likely N-dealkylation sites (N-methyl/N-ethyl adjacent to an activating group) is 2. The molecule has 1 aromatic rings. The van der Waals surface area contributed by atoms with Crippen LogP contribution in [-0.2, 0) is 0 Å². The molecule has 6 heteroatoms. The Kier molecular flexibility index (Phi) is 8.19. The van der Waals surface area contributed by atoms with Crippen LogP contribution in [-0.4, -0.2) is 76.0 Å². The van der Waals surface area contributed by atoms with Crippen molar-refractivity contribution in [1.29, 1.82) is 0 Å². The minimum atomic E-state index is -0.00703. The SMILES string of the molecule is COc1ccc(C(CN)N(C)CCO)c(OCCN(C)C)c1. The Labute approximate surface area is 133 Å². The van der Waals surface area contributed by atoms with Gasteiger partial charge in [0.25, 0.3) is 0 Å².